The molecule has 1 aromatic rings. The number of benzene rings is 1. The number of nitro groups is 1. The summed E-state index contributed by atoms with van der Waals surface area (Å²) in [5, 5.41) is 22.7. The zero-order chi connectivity index (χ0) is 15.1. The highest BCUT2D eigenvalue weighted by molar-refractivity contribution is 6.22. The fourth-order valence-corrected chi connectivity index (χ4v) is 3.19. The minimum Gasteiger partial charge on any atom is -0.871 e. The van der Waals surface area contributed by atoms with E-state index in [9.17, 15) is 24.8 Å². The van der Waals surface area contributed by atoms with Crippen LogP contribution in [0.5, 0.6) is 5.75 Å². The summed E-state index contributed by atoms with van der Waals surface area (Å²) in [6.07, 6.45) is 3.03. The average Bonchev–Trinajstić information content (AvgIpc) is 2.72. The van der Waals surface area contributed by atoms with Gasteiger partial charge in [0.2, 0.25) is 11.8 Å². The van der Waals surface area contributed by atoms with E-state index < -0.39 is 22.5 Å². The maximum atomic E-state index is 12.4. The van der Waals surface area contributed by atoms with E-state index in [0.717, 1.165) is 35.9 Å². The average molecular weight is 289 g/mol. The van der Waals surface area contributed by atoms with Crippen LogP contribution in [-0.2, 0) is 9.59 Å². The number of anilines is 1. The monoisotopic (exact) mass is 289 g/mol. The zero-order valence-electron chi connectivity index (χ0n) is 11.2. The molecule has 1 heterocycles. The van der Waals surface area contributed by atoms with Crippen molar-refractivity contribution in [3.63, 3.8) is 0 Å². The molecule has 0 aromatic heterocycles. The number of fused-ring (bicyclic) bond motifs is 1. The van der Waals surface area contributed by atoms with Crippen LogP contribution in [0.3, 0.4) is 0 Å². The Bertz CT molecular complexity index is 618. The van der Waals surface area contributed by atoms with Crippen LogP contribution < -0.4 is 10.0 Å². The van der Waals surface area contributed by atoms with Crippen LogP contribution in [0.4, 0.5) is 11.4 Å². The maximum Gasteiger partial charge on any atom is 0.271 e. The molecule has 0 radical (unpaired) electrons. The van der Waals surface area contributed by atoms with Crippen LogP contribution in [0.15, 0.2) is 18.2 Å². The minimum atomic E-state index is -0.652. The lowest BCUT2D eigenvalue weighted by atomic mass is 9.81. The number of amides is 2. The van der Waals surface area contributed by atoms with Gasteiger partial charge in [-0.1, -0.05) is 24.7 Å². The molecule has 21 heavy (non-hydrogen) atoms. The van der Waals surface area contributed by atoms with Crippen molar-refractivity contribution in [1.29, 1.82) is 0 Å². The molecule has 110 valence electrons. The maximum absolute atomic E-state index is 12.4. The normalized spacial score (nSPS) is 25.0. The summed E-state index contributed by atoms with van der Waals surface area (Å²) in [4.78, 5) is 35.8. The van der Waals surface area contributed by atoms with E-state index in [2.05, 4.69) is 0 Å². The van der Waals surface area contributed by atoms with Crippen LogP contribution >= 0.6 is 0 Å². The topological polar surface area (TPSA) is 104 Å². The van der Waals surface area contributed by atoms with Crippen molar-refractivity contribution in [3.8, 4) is 5.75 Å². The van der Waals surface area contributed by atoms with E-state index in [0.29, 0.717) is 12.8 Å². The summed E-state index contributed by atoms with van der Waals surface area (Å²) in [6, 6.07) is 3.11. The molecule has 0 bridgehead atoms. The molecule has 0 N–H and O–H groups in total. The molecule has 1 aromatic carbocycles. The lowest BCUT2D eigenvalue weighted by molar-refractivity contribution is -0.385. The third kappa shape index (κ3) is 2.05. The SMILES string of the molecule is O=C1[C@@H]2CCCC[C@H]2C(=O)N1c1cc([N+](=O)[O-])ccc1[O-]. The highest BCUT2D eigenvalue weighted by Gasteiger charge is 2.48. The molecule has 2 atom stereocenters. The van der Waals surface area contributed by atoms with Gasteiger partial charge in [-0.2, -0.15) is 0 Å². The van der Waals surface area contributed by atoms with Gasteiger partial charge in [-0.3, -0.25) is 24.6 Å². The van der Waals surface area contributed by atoms with Gasteiger partial charge in [-0.05, 0) is 12.8 Å². The van der Waals surface area contributed by atoms with Crippen molar-refractivity contribution < 1.29 is 19.6 Å². The molecule has 2 aliphatic rings. The van der Waals surface area contributed by atoms with Gasteiger partial charge in [-0.15, -0.1) is 0 Å². The first-order valence-corrected chi connectivity index (χ1v) is 6.84. The molecule has 2 fully saturated rings. The van der Waals surface area contributed by atoms with Gasteiger partial charge in [0, 0.05) is 12.1 Å². The van der Waals surface area contributed by atoms with Crippen molar-refractivity contribution in [2.24, 2.45) is 11.8 Å². The van der Waals surface area contributed by atoms with Gasteiger partial charge in [0.25, 0.3) is 5.69 Å². The van der Waals surface area contributed by atoms with Crippen LogP contribution in [-0.4, -0.2) is 16.7 Å². The van der Waals surface area contributed by atoms with E-state index in [1.807, 2.05) is 0 Å². The minimum absolute atomic E-state index is 0.200. The number of non-ortho nitro benzene ring substituents is 1. The molecular weight excluding hydrogens is 276 g/mol. The van der Waals surface area contributed by atoms with Gasteiger partial charge in [-0.25, -0.2) is 0 Å². The first-order valence-electron chi connectivity index (χ1n) is 6.84. The largest absolute Gasteiger partial charge is 0.871 e. The molecule has 0 spiro atoms. The molecular formula is C14H13N2O5-. The summed E-state index contributed by atoms with van der Waals surface area (Å²) < 4.78 is 0. The molecule has 7 heteroatoms. The van der Waals surface area contributed by atoms with Gasteiger partial charge in [0.05, 0.1) is 22.4 Å². The van der Waals surface area contributed by atoms with E-state index in [-0.39, 0.29) is 23.2 Å². The van der Waals surface area contributed by atoms with Crippen molar-refractivity contribution in [2.45, 2.75) is 25.7 Å². The number of carbonyl (C=O) groups is 2. The summed E-state index contributed by atoms with van der Waals surface area (Å²) in [7, 11) is 0. The Morgan fingerprint density at radius 1 is 1.10 bits per heavy atom. The summed E-state index contributed by atoms with van der Waals surface area (Å²) in [5.74, 6) is -2.12. The van der Waals surface area contributed by atoms with E-state index in [4.69, 9.17) is 0 Å². The van der Waals surface area contributed by atoms with Crippen molar-refractivity contribution in [3.05, 3.63) is 28.3 Å². The van der Waals surface area contributed by atoms with Gasteiger partial charge in [0.1, 0.15) is 0 Å². The first kappa shape index (κ1) is 13.5. The van der Waals surface area contributed by atoms with Crippen molar-refractivity contribution >= 4 is 23.2 Å². The second kappa shape index (κ2) is 4.83. The smallest absolute Gasteiger partial charge is 0.271 e. The Morgan fingerprint density at radius 3 is 2.19 bits per heavy atom. The molecule has 1 aliphatic heterocycles. The van der Waals surface area contributed by atoms with E-state index >= 15 is 0 Å². The van der Waals surface area contributed by atoms with Crippen LogP contribution in [0, 0.1) is 22.0 Å². The number of rotatable bonds is 2. The highest BCUT2D eigenvalue weighted by atomic mass is 16.6. The van der Waals surface area contributed by atoms with E-state index in [1.54, 1.807) is 0 Å². The quantitative estimate of drug-likeness (QED) is 0.464. The van der Waals surface area contributed by atoms with E-state index in [1.165, 1.54) is 0 Å². The molecule has 1 aliphatic carbocycles. The lowest BCUT2D eigenvalue weighted by Crippen LogP contribution is -2.31. The van der Waals surface area contributed by atoms with Gasteiger partial charge >= 0.3 is 0 Å². The molecule has 3 rings (SSSR count). The number of hydrogen-bond donors (Lipinski definition) is 0. The highest BCUT2D eigenvalue weighted by Crippen LogP contribution is 2.42. The van der Waals surface area contributed by atoms with Gasteiger partial charge in [0.15, 0.2) is 0 Å². The Hall–Kier alpha value is -2.44. The Morgan fingerprint density at radius 2 is 1.67 bits per heavy atom. The molecule has 2 amide bonds. The van der Waals surface area contributed by atoms with Crippen molar-refractivity contribution in [1.82, 2.24) is 0 Å². The summed E-state index contributed by atoms with van der Waals surface area (Å²) in [6.45, 7) is 0. The Kier molecular flexibility index (Phi) is 3.12. The number of nitrogens with zero attached hydrogens (tertiary/aromatic N) is 2. The molecule has 1 saturated heterocycles. The Labute approximate surface area is 120 Å². The number of hydrogen-bond acceptors (Lipinski definition) is 5. The van der Waals surface area contributed by atoms with Crippen molar-refractivity contribution in [2.75, 3.05) is 4.90 Å². The molecule has 7 nitrogen and oxygen atoms in total. The number of imide groups is 1. The zero-order valence-corrected chi connectivity index (χ0v) is 11.2. The van der Waals surface area contributed by atoms with Crippen LogP contribution in [0.2, 0.25) is 0 Å². The number of nitro benzene ring substituents is 1. The molecule has 1 saturated carbocycles. The summed E-state index contributed by atoms with van der Waals surface area (Å²) in [5.41, 5.74) is -0.506. The first-order chi connectivity index (χ1) is 10.0. The standard InChI is InChI=1S/C14H14N2O5/c17-12-6-5-8(16(20)21)7-11(12)15-13(18)9-3-1-2-4-10(9)14(15)19/h5-7,9-10,17H,1-4H2/p-1/t9-,10-/m1/s1. The predicted molar refractivity (Wildman–Crippen MR) is 70.5 cm³/mol. The fourth-order valence-electron chi connectivity index (χ4n) is 3.19. The second-order valence-corrected chi connectivity index (χ2v) is 5.42. The van der Waals surface area contributed by atoms with Crippen LogP contribution in [0.1, 0.15) is 25.7 Å². The lowest BCUT2D eigenvalue weighted by Gasteiger charge is -2.21. The third-order valence-corrected chi connectivity index (χ3v) is 4.24. The summed E-state index contributed by atoms with van der Waals surface area (Å²) >= 11 is 0. The fraction of sp³-hybridized carbons (Fsp3) is 0.429. The third-order valence-electron chi connectivity index (χ3n) is 4.24. The predicted octanol–water partition coefficient (Wildman–Crippen LogP) is 1.35. The Balaban J connectivity index is 2.04. The van der Waals surface area contributed by atoms with Crippen LogP contribution in [0.25, 0.3) is 0 Å². The van der Waals surface area contributed by atoms with Gasteiger partial charge < -0.3 is 5.11 Å². The second-order valence-electron chi connectivity index (χ2n) is 5.42. The number of carbonyl (C=O) groups excluding carboxylic acids is 2. The molecule has 0 unspecified atom stereocenters.